The van der Waals surface area contributed by atoms with Gasteiger partial charge in [-0.1, -0.05) is 11.6 Å². The van der Waals surface area contributed by atoms with Gasteiger partial charge in [-0.2, -0.15) is 18.3 Å². The molecule has 0 saturated heterocycles. The number of carbonyl (C=O) groups is 2. The fourth-order valence-electron chi connectivity index (χ4n) is 1.52. The summed E-state index contributed by atoms with van der Waals surface area (Å²) in [6, 6.07) is 0. The van der Waals surface area contributed by atoms with Crippen LogP contribution in [0.2, 0.25) is 5.02 Å². The molecule has 0 aliphatic heterocycles. The van der Waals surface area contributed by atoms with Crippen LogP contribution in [0, 0.1) is 0 Å². The Kier molecular flexibility index (Phi) is 5.62. The molecule has 6 nitrogen and oxygen atoms in total. The molecule has 0 unspecified atom stereocenters. The van der Waals surface area contributed by atoms with E-state index in [-0.39, 0.29) is 12.2 Å². The van der Waals surface area contributed by atoms with Crippen LogP contribution in [0.1, 0.15) is 25.2 Å². The van der Waals surface area contributed by atoms with Gasteiger partial charge in [0, 0.05) is 7.05 Å². The summed E-state index contributed by atoms with van der Waals surface area (Å²) in [5, 5.41) is 6.72. The first kappa shape index (κ1) is 19.2. The number of aromatic nitrogens is 2. The average molecular weight is 359 g/mol. The molecule has 0 aromatic carbocycles. The summed E-state index contributed by atoms with van der Waals surface area (Å²) in [4.78, 5) is 22.9. The molecule has 0 radical (unpaired) electrons. The van der Waals surface area contributed by atoms with Gasteiger partial charge in [-0.05, 0) is 13.8 Å². The van der Waals surface area contributed by atoms with Crippen LogP contribution >= 0.6 is 11.6 Å². The highest BCUT2D eigenvalue weighted by Crippen LogP contribution is 2.35. The minimum absolute atomic E-state index is 0.119. The molecule has 11 heteroatoms. The van der Waals surface area contributed by atoms with Gasteiger partial charge in [-0.3, -0.25) is 14.3 Å². The summed E-state index contributed by atoms with van der Waals surface area (Å²) in [7, 11) is 1.22. The van der Waals surface area contributed by atoms with Gasteiger partial charge in [-0.25, -0.2) is 4.39 Å². The zero-order chi connectivity index (χ0) is 18.0. The molecule has 1 aromatic heterocycles. The summed E-state index contributed by atoms with van der Waals surface area (Å²) in [6.07, 6.45) is -4.73. The minimum atomic E-state index is -4.73. The van der Waals surface area contributed by atoms with Gasteiger partial charge in [0.05, 0.1) is 23.8 Å². The van der Waals surface area contributed by atoms with E-state index in [4.69, 9.17) is 11.6 Å². The molecule has 0 atom stereocenters. The third-order valence-corrected chi connectivity index (χ3v) is 3.06. The predicted molar refractivity (Wildman–Crippen MR) is 73.3 cm³/mol. The lowest BCUT2D eigenvalue weighted by molar-refractivity contribution is -0.141. The topological polar surface area (TPSA) is 76.0 Å². The van der Waals surface area contributed by atoms with Crippen LogP contribution in [0.15, 0.2) is 0 Å². The van der Waals surface area contributed by atoms with Crippen molar-refractivity contribution >= 4 is 23.4 Å². The van der Waals surface area contributed by atoms with Crippen molar-refractivity contribution in [3.05, 3.63) is 16.4 Å². The number of hydrogen-bond acceptors (Lipinski definition) is 3. The third kappa shape index (κ3) is 5.38. The van der Waals surface area contributed by atoms with E-state index in [9.17, 15) is 27.2 Å². The third-order valence-electron chi connectivity index (χ3n) is 2.66. The Bertz CT molecular complexity index is 607. The minimum Gasteiger partial charge on any atom is -0.345 e. The normalized spacial score (nSPS) is 12.2. The first-order valence-electron chi connectivity index (χ1n) is 6.36. The fraction of sp³-hybridized carbons (Fsp3) is 0.583. The Morgan fingerprint density at radius 1 is 1.17 bits per heavy atom. The van der Waals surface area contributed by atoms with E-state index in [1.807, 2.05) is 0 Å². The second kappa shape index (κ2) is 6.73. The van der Waals surface area contributed by atoms with Crippen molar-refractivity contribution in [3.63, 3.8) is 0 Å². The van der Waals surface area contributed by atoms with E-state index in [2.05, 4.69) is 15.7 Å². The summed E-state index contributed by atoms with van der Waals surface area (Å²) < 4.78 is 52.0. The van der Waals surface area contributed by atoms with Crippen molar-refractivity contribution in [1.82, 2.24) is 20.4 Å². The highest BCUT2D eigenvalue weighted by Gasteiger charge is 2.38. The quantitative estimate of drug-likeness (QED) is 0.633. The number of halogens is 5. The van der Waals surface area contributed by atoms with Gasteiger partial charge in [0.25, 0.3) is 0 Å². The number of nitrogens with zero attached hydrogens (tertiary/aromatic N) is 2. The van der Waals surface area contributed by atoms with Gasteiger partial charge >= 0.3 is 18.0 Å². The first-order valence-corrected chi connectivity index (χ1v) is 6.74. The van der Waals surface area contributed by atoms with Gasteiger partial charge in [-0.15, -0.1) is 0 Å². The van der Waals surface area contributed by atoms with Crippen LogP contribution < -0.4 is 10.6 Å². The standard InChI is InChI=1S/C12H15ClF4N4O2/c1-11(2,14)5-19-10(23)9(22)18-4-6-7(13)8(12(15,16)17)20-21(6)3/h4-5H2,1-3H3,(H,18,22)(H,19,23). The molecule has 1 rings (SSSR count). The van der Waals surface area contributed by atoms with E-state index in [0.29, 0.717) is 0 Å². The zero-order valence-corrected chi connectivity index (χ0v) is 13.3. The number of aryl methyl sites for hydroxylation is 1. The SMILES string of the molecule is Cn1nc(C(F)(F)F)c(Cl)c1CNC(=O)C(=O)NCC(C)(C)F. The molecule has 2 amide bonds. The summed E-state index contributed by atoms with van der Waals surface area (Å²) in [5.74, 6) is -2.23. The lowest BCUT2D eigenvalue weighted by Crippen LogP contribution is -2.44. The lowest BCUT2D eigenvalue weighted by Gasteiger charge is -2.14. The molecule has 130 valence electrons. The fourth-order valence-corrected chi connectivity index (χ4v) is 1.86. The Morgan fingerprint density at radius 2 is 1.70 bits per heavy atom. The maximum atomic E-state index is 13.2. The molecule has 0 aliphatic rings. The summed E-state index contributed by atoms with van der Waals surface area (Å²) in [6.45, 7) is 1.59. The molecule has 0 spiro atoms. The van der Waals surface area contributed by atoms with Crippen LogP contribution in [0.4, 0.5) is 17.6 Å². The number of amides is 2. The molecule has 0 fully saturated rings. The monoisotopic (exact) mass is 358 g/mol. The molecule has 0 aliphatic carbocycles. The Balaban J connectivity index is 2.70. The zero-order valence-electron chi connectivity index (χ0n) is 12.5. The maximum Gasteiger partial charge on any atom is 0.436 e. The summed E-state index contributed by atoms with van der Waals surface area (Å²) in [5.41, 5.74) is -3.11. The van der Waals surface area contributed by atoms with Crippen LogP contribution in [0.25, 0.3) is 0 Å². The molecule has 1 heterocycles. The van der Waals surface area contributed by atoms with E-state index in [1.54, 1.807) is 0 Å². The second-order valence-corrected chi connectivity index (χ2v) is 5.69. The second-order valence-electron chi connectivity index (χ2n) is 5.31. The Morgan fingerprint density at radius 3 is 2.13 bits per heavy atom. The van der Waals surface area contributed by atoms with Crippen molar-refractivity contribution in [2.24, 2.45) is 7.05 Å². The molecule has 23 heavy (non-hydrogen) atoms. The number of hydrogen-bond donors (Lipinski definition) is 2. The Hall–Kier alpha value is -1.84. The van der Waals surface area contributed by atoms with E-state index in [0.717, 1.165) is 4.68 Å². The van der Waals surface area contributed by atoms with Crippen molar-refractivity contribution in [2.75, 3.05) is 6.54 Å². The molecule has 1 aromatic rings. The van der Waals surface area contributed by atoms with Gasteiger partial charge in [0.15, 0.2) is 5.69 Å². The van der Waals surface area contributed by atoms with E-state index >= 15 is 0 Å². The van der Waals surface area contributed by atoms with Gasteiger partial charge in [0.1, 0.15) is 5.67 Å². The number of rotatable bonds is 4. The molecular weight excluding hydrogens is 344 g/mol. The molecule has 2 N–H and O–H groups in total. The van der Waals surface area contributed by atoms with E-state index < -0.39 is 40.9 Å². The van der Waals surface area contributed by atoms with Gasteiger partial charge < -0.3 is 10.6 Å². The van der Waals surface area contributed by atoms with Crippen LogP contribution in [0.3, 0.4) is 0 Å². The van der Waals surface area contributed by atoms with Crippen LogP contribution in [-0.4, -0.2) is 33.8 Å². The van der Waals surface area contributed by atoms with Crippen molar-refractivity contribution < 1.29 is 27.2 Å². The summed E-state index contributed by atoms with van der Waals surface area (Å²) >= 11 is 5.59. The van der Waals surface area contributed by atoms with Gasteiger partial charge in [0.2, 0.25) is 0 Å². The molecule has 0 bridgehead atoms. The van der Waals surface area contributed by atoms with E-state index in [1.165, 1.54) is 20.9 Å². The van der Waals surface area contributed by atoms with Crippen LogP contribution in [0.5, 0.6) is 0 Å². The molecule has 0 saturated carbocycles. The lowest BCUT2D eigenvalue weighted by atomic mass is 10.2. The van der Waals surface area contributed by atoms with Crippen molar-refractivity contribution in [1.29, 1.82) is 0 Å². The van der Waals surface area contributed by atoms with Crippen molar-refractivity contribution in [3.8, 4) is 0 Å². The maximum absolute atomic E-state index is 13.2. The number of nitrogens with one attached hydrogen (secondary N) is 2. The van der Waals surface area contributed by atoms with Crippen LogP contribution in [-0.2, 0) is 29.4 Å². The molecular formula is C12H15ClF4N4O2. The highest BCUT2D eigenvalue weighted by molar-refractivity contribution is 6.35. The smallest absolute Gasteiger partial charge is 0.345 e. The number of alkyl halides is 4. The largest absolute Gasteiger partial charge is 0.436 e. The Labute approximate surface area is 134 Å². The first-order chi connectivity index (χ1) is 10.3. The average Bonchev–Trinajstić information content (AvgIpc) is 2.67. The highest BCUT2D eigenvalue weighted by atomic mass is 35.5. The predicted octanol–water partition coefficient (Wildman–Crippen LogP) is 1.57. The number of carbonyl (C=O) groups excluding carboxylic acids is 2. The van der Waals surface area contributed by atoms with Crippen molar-refractivity contribution in [2.45, 2.75) is 32.2 Å².